The Kier molecular flexibility index (Phi) is 5.28. The van der Waals surface area contributed by atoms with Crippen LogP contribution in [0.4, 0.5) is 5.13 Å². The smallest absolute Gasteiger partial charge is 0.251 e. The summed E-state index contributed by atoms with van der Waals surface area (Å²) in [6.45, 7) is 3.34. The Morgan fingerprint density at radius 1 is 1.25 bits per heavy atom. The summed E-state index contributed by atoms with van der Waals surface area (Å²) in [4.78, 5) is 20.5. The highest BCUT2D eigenvalue weighted by Crippen LogP contribution is 2.35. The Labute approximate surface area is 173 Å². The van der Waals surface area contributed by atoms with Gasteiger partial charge in [-0.05, 0) is 43.5 Å². The molecule has 1 amide bonds. The van der Waals surface area contributed by atoms with E-state index in [1.54, 1.807) is 23.1 Å². The number of ether oxygens (including phenoxy) is 1. The van der Waals surface area contributed by atoms with Gasteiger partial charge in [-0.2, -0.15) is 0 Å². The Hall–Kier alpha value is -1.61. The van der Waals surface area contributed by atoms with Gasteiger partial charge in [0, 0.05) is 41.7 Å². The number of rotatable bonds is 5. The third kappa shape index (κ3) is 3.91. The van der Waals surface area contributed by atoms with Crippen molar-refractivity contribution in [3.8, 4) is 0 Å². The van der Waals surface area contributed by atoms with Crippen LogP contribution in [0, 0.1) is 0 Å². The highest BCUT2D eigenvalue weighted by molar-refractivity contribution is 8.01. The number of morpholine rings is 1. The predicted molar refractivity (Wildman–Crippen MR) is 112 cm³/mol. The lowest BCUT2D eigenvalue weighted by Gasteiger charge is -2.25. The van der Waals surface area contributed by atoms with Crippen molar-refractivity contribution in [2.45, 2.75) is 46.5 Å². The maximum Gasteiger partial charge on any atom is 0.251 e. The first-order chi connectivity index (χ1) is 13.7. The minimum absolute atomic E-state index is 0.0308. The number of hydrogen-bond acceptors (Lipinski definition) is 7. The second-order valence-electron chi connectivity index (χ2n) is 7.55. The summed E-state index contributed by atoms with van der Waals surface area (Å²) in [5, 5.41) is 7.82. The molecule has 2 aromatic rings. The number of carbonyl (C=O) groups is 1. The molecule has 2 bridgehead atoms. The molecule has 4 heterocycles. The van der Waals surface area contributed by atoms with Crippen molar-refractivity contribution in [3.05, 3.63) is 36.0 Å². The lowest BCUT2D eigenvalue weighted by Crippen LogP contribution is -2.42. The van der Waals surface area contributed by atoms with E-state index in [2.05, 4.69) is 20.5 Å². The SMILES string of the molecule is O=C(N[C@@H]1C[C@H]2CC[C@@H]1N2)c1ccc(Sc2cnc(N3CCOCC3)s2)cc1. The van der Waals surface area contributed by atoms with Gasteiger partial charge in [0.25, 0.3) is 5.91 Å². The molecule has 8 heteroatoms. The number of thiazole rings is 1. The lowest BCUT2D eigenvalue weighted by atomic mass is 9.95. The molecule has 148 valence electrons. The van der Waals surface area contributed by atoms with Crippen molar-refractivity contribution < 1.29 is 9.53 Å². The molecule has 2 N–H and O–H groups in total. The minimum Gasteiger partial charge on any atom is -0.378 e. The summed E-state index contributed by atoms with van der Waals surface area (Å²) >= 11 is 3.40. The van der Waals surface area contributed by atoms with Crippen LogP contribution in [0.25, 0.3) is 0 Å². The Bertz CT molecular complexity index is 835. The number of hydrogen-bond donors (Lipinski definition) is 2. The van der Waals surface area contributed by atoms with E-state index in [9.17, 15) is 4.79 Å². The van der Waals surface area contributed by atoms with E-state index in [0.29, 0.717) is 12.1 Å². The van der Waals surface area contributed by atoms with Gasteiger partial charge >= 0.3 is 0 Å². The maximum atomic E-state index is 12.6. The van der Waals surface area contributed by atoms with Crippen molar-refractivity contribution >= 4 is 34.1 Å². The molecule has 1 aromatic heterocycles. The van der Waals surface area contributed by atoms with E-state index >= 15 is 0 Å². The van der Waals surface area contributed by atoms with E-state index in [-0.39, 0.29) is 11.9 Å². The largest absolute Gasteiger partial charge is 0.378 e. The van der Waals surface area contributed by atoms with E-state index in [4.69, 9.17) is 4.74 Å². The summed E-state index contributed by atoms with van der Waals surface area (Å²) in [7, 11) is 0. The fourth-order valence-corrected chi connectivity index (χ4v) is 6.22. The summed E-state index contributed by atoms with van der Waals surface area (Å²) in [6.07, 6.45) is 5.41. The Balaban J connectivity index is 1.18. The van der Waals surface area contributed by atoms with Crippen molar-refractivity contribution in [2.24, 2.45) is 0 Å². The molecule has 5 rings (SSSR count). The topological polar surface area (TPSA) is 66.5 Å². The van der Waals surface area contributed by atoms with Crippen LogP contribution in [-0.2, 0) is 4.74 Å². The van der Waals surface area contributed by atoms with Gasteiger partial charge in [-0.1, -0.05) is 23.1 Å². The molecule has 0 spiro atoms. The molecule has 3 atom stereocenters. The van der Waals surface area contributed by atoms with Gasteiger partial charge in [0.1, 0.15) is 0 Å². The number of nitrogens with one attached hydrogen (secondary N) is 2. The molecule has 1 aromatic carbocycles. The molecule has 0 aliphatic carbocycles. The minimum atomic E-state index is 0.0308. The van der Waals surface area contributed by atoms with Crippen molar-refractivity contribution in [1.82, 2.24) is 15.6 Å². The summed E-state index contributed by atoms with van der Waals surface area (Å²) in [5.41, 5.74) is 0.727. The van der Waals surface area contributed by atoms with E-state index in [1.165, 1.54) is 12.8 Å². The van der Waals surface area contributed by atoms with Crippen molar-refractivity contribution in [2.75, 3.05) is 31.2 Å². The maximum absolute atomic E-state index is 12.6. The standard InChI is InChI=1S/C20H24N4O2S2/c25-19(23-17-11-14-3-6-16(17)22-14)13-1-4-15(5-2-13)27-18-12-21-20(28-18)24-7-9-26-10-8-24/h1-2,4-5,12,14,16-17,22H,3,6-11H2,(H,23,25)/t14-,16+,17-/m1/s1. The Morgan fingerprint density at radius 3 is 2.79 bits per heavy atom. The molecule has 6 nitrogen and oxygen atoms in total. The third-order valence-electron chi connectivity index (χ3n) is 5.71. The molecular weight excluding hydrogens is 392 g/mol. The molecule has 28 heavy (non-hydrogen) atoms. The zero-order chi connectivity index (χ0) is 18.9. The molecule has 0 saturated carbocycles. The number of carbonyl (C=O) groups excluding carboxylic acids is 1. The van der Waals surface area contributed by atoms with Gasteiger partial charge in [-0.3, -0.25) is 4.79 Å². The van der Waals surface area contributed by atoms with E-state index in [0.717, 1.165) is 52.5 Å². The average molecular weight is 417 g/mol. The van der Waals surface area contributed by atoms with Crippen LogP contribution in [-0.4, -0.2) is 55.3 Å². The predicted octanol–water partition coefficient (Wildman–Crippen LogP) is 2.75. The Morgan fingerprint density at radius 2 is 2.07 bits per heavy atom. The molecule has 0 radical (unpaired) electrons. The van der Waals surface area contributed by atoms with E-state index in [1.807, 2.05) is 30.5 Å². The van der Waals surface area contributed by atoms with Gasteiger partial charge in [0.2, 0.25) is 0 Å². The van der Waals surface area contributed by atoms with Gasteiger partial charge in [-0.25, -0.2) is 4.98 Å². The number of fused-ring (bicyclic) bond motifs is 2. The van der Waals surface area contributed by atoms with Gasteiger partial charge in [0.05, 0.1) is 23.6 Å². The van der Waals surface area contributed by atoms with Crippen LogP contribution in [0.2, 0.25) is 0 Å². The van der Waals surface area contributed by atoms with E-state index < -0.39 is 0 Å². The average Bonchev–Trinajstić information content (AvgIpc) is 3.46. The zero-order valence-corrected chi connectivity index (χ0v) is 17.2. The molecule has 0 unspecified atom stereocenters. The van der Waals surface area contributed by atoms with Crippen LogP contribution in [0.5, 0.6) is 0 Å². The molecular formula is C20H24N4O2S2. The summed E-state index contributed by atoms with van der Waals surface area (Å²) in [5.74, 6) is 0.0308. The lowest BCUT2D eigenvalue weighted by molar-refractivity contribution is 0.0931. The van der Waals surface area contributed by atoms with Crippen LogP contribution in [0.3, 0.4) is 0 Å². The van der Waals surface area contributed by atoms with Gasteiger partial charge in [0.15, 0.2) is 5.13 Å². The highest BCUT2D eigenvalue weighted by atomic mass is 32.2. The first kappa shape index (κ1) is 18.4. The number of amides is 1. The second-order valence-corrected chi connectivity index (χ2v) is 9.93. The zero-order valence-electron chi connectivity index (χ0n) is 15.6. The highest BCUT2D eigenvalue weighted by Gasteiger charge is 2.39. The number of benzene rings is 1. The molecule has 3 aliphatic heterocycles. The quantitative estimate of drug-likeness (QED) is 0.781. The van der Waals surface area contributed by atoms with Gasteiger partial charge < -0.3 is 20.3 Å². The molecule has 3 fully saturated rings. The van der Waals surface area contributed by atoms with Crippen LogP contribution >= 0.6 is 23.1 Å². The number of nitrogens with zero attached hydrogens (tertiary/aromatic N) is 2. The van der Waals surface area contributed by atoms with Crippen LogP contribution in [0.1, 0.15) is 29.6 Å². The summed E-state index contributed by atoms with van der Waals surface area (Å²) < 4.78 is 6.56. The molecule has 3 saturated heterocycles. The normalized spacial score (nSPS) is 26.6. The first-order valence-corrected chi connectivity index (χ1v) is 11.5. The first-order valence-electron chi connectivity index (χ1n) is 9.88. The number of anilines is 1. The van der Waals surface area contributed by atoms with Crippen LogP contribution in [0.15, 0.2) is 39.6 Å². The van der Waals surface area contributed by atoms with Gasteiger partial charge in [-0.15, -0.1) is 0 Å². The molecule has 3 aliphatic rings. The number of aromatic nitrogens is 1. The second kappa shape index (κ2) is 8.02. The van der Waals surface area contributed by atoms with Crippen LogP contribution < -0.4 is 15.5 Å². The van der Waals surface area contributed by atoms with Crippen molar-refractivity contribution in [1.29, 1.82) is 0 Å². The fourth-order valence-electron chi connectivity index (χ4n) is 4.22. The third-order valence-corrected chi connectivity index (χ3v) is 7.87. The van der Waals surface area contributed by atoms with Crippen molar-refractivity contribution in [3.63, 3.8) is 0 Å². The monoisotopic (exact) mass is 416 g/mol. The fraction of sp³-hybridized carbons (Fsp3) is 0.500. The summed E-state index contributed by atoms with van der Waals surface area (Å²) in [6, 6.07) is 9.20.